The molecular formula is C17H27NO2S. The minimum atomic E-state index is -0.787. The van der Waals surface area contributed by atoms with E-state index in [2.05, 4.69) is 26.1 Å². The van der Waals surface area contributed by atoms with Crippen LogP contribution in [0.25, 0.3) is 0 Å². The summed E-state index contributed by atoms with van der Waals surface area (Å²) in [7, 11) is 1.82. The summed E-state index contributed by atoms with van der Waals surface area (Å²) in [5.74, 6) is 1.02. The summed E-state index contributed by atoms with van der Waals surface area (Å²) >= 11 is 1.80. The molecule has 1 aromatic carbocycles. The molecule has 0 heterocycles. The first-order chi connectivity index (χ1) is 9.97. The highest BCUT2D eigenvalue weighted by Gasteiger charge is 2.40. The lowest BCUT2D eigenvalue weighted by atomic mass is 9.92. The molecule has 0 aromatic heterocycles. The molecule has 0 bridgehead atoms. The summed E-state index contributed by atoms with van der Waals surface area (Å²) in [6.07, 6.45) is 0. The third-order valence-corrected chi connectivity index (χ3v) is 5.49. The van der Waals surface area contributed by atoms with Crippen LogP contribution in [-0.4, -0.2) is 30.6 Å². The van der Waals surface area contributed by atoms with Gasteiger partial charge in [0.2, 0.25) is 0 Å². The molecule has 1 rings (SSSR count). The Morgan fingerprint density at radius 3 is 2.38 bits per heavy atom. The van der Waals surface area contributed by atoms with Crippen molar-refractivity contribution in [2.45, 2.75) is 38.5 Å². The fourth-order valence-electron chi connectivity index (χ4n) is 2.00. The lowest BCUT2D eigenvalue weighted by Crippen LogP contribution is -2.51. The SMILES string of the molecule is CCOC(=O)C(CSC(C)C(C)C)(NC)c1ccccc1. The Kier molecular flexibility index (Phi) is 7.26. The first kappa shape index (κ1) is 18.1. The molecule has 2 atom stereocenters. The molecule has 0 spiro atoms. The van der Waals surface area contributed by atoms with Gasteiger partial charge in [0.15, 0.2) is 5.54 Å². The smallest absolute Gasteiger partial charge is 0.331 e. The van der Waals surface area contributed by atoms with Crippen molar-refractivity contribution < 1.29 is 9.53 Å². The quantitative estimate of drug-likeness (QED) is 0.747. The standard InChI is InChI=1S/C17H27NO2S/c1-6-20-16(19)17(18-5,12-21-14(4)13(2)3)15-10-8-7-9-11-15/h7-11,13-14,18H,6,12H2,1-5H3. The average Bonchev–Trinajstić information content (AvgIpc) is 2.49. The van der Waals surface area contributed by atoms with E-state index in [1.807, 2.05) is 44.3 Å². The number of benzene rings is 1. The van der Waals surface area contributed by atoms with Crippen molar-refractivity contribution in [1.29, 1.82) is 0 Å². The van der Waals surface area contributed by atoms with Crippen LogP contribution in [0, 0.1) is 5.92 Å². The molecule has 0 aliphatic rings. The van der Waals surface area contributed by atoms with Crippen LogP contribution >= 0.6 is 11.8 Å². The highest BCUT2D eigenvalue weighted by Crippen LogP contribution is 2.31. The molecule has 0 amide bonds. The van der Waals surface area contributed by atoms with E-state index in [0.29, 0.717) is 23.5 Å². The largest absolute Gasteiger partial charge is 0.464 e. The van der Waals surface area contributed by atoms with Crippen LogP contribution in [0.5, 0.6) is 0 Å². The van der Waals surface area contributed by atoms with Gasteiger partial charge in [-0.15, -0.1) is 0 Å². The Morgan fingerprint density at radius 2 is 1.90 bits per heavy atom. The number of esters is 1. The van der Waals surface area contributed by atoms with Crippen LogP contribution in [0.2, 0.25) is 0 Å². The Labute approximate surface area is 132 Å². The number of rotatable bonds is 8. The fraction of sp³-hybridized carbons (Fsp3) is 0.588. The monoisotopic (exact) mass is 309 g/mol. The number of thioether (sulfide) groups is 1. The van der Waals surface area contributed by atoms with Crippen LogP contribution in [0.4, 0.5) is 0 Å². The predicted octanol–water partition coefficient (Wildman–Crippen LogP) is 3.44. The van der Waals surface area contributed by atoms with Gasteiger partial charge in [-0.2, -0.15) is 11.8 Å². The first-order valence-corrected chi connectivity index (χ1v) is 8.56. The summed E-state index contributed by atoms with van der Waals surface area (Å²) in [5.41, 5.74) is 0.167. The van der Waals surface area contributed by atoms with Crippen LogP contribution in [-0.2, 0) is 15.1 Å². The van der Waals surface area contributed by atoms with Gasteiger partial charge in [0, 0.05) is 11.0 Å². The second-order valence-corrected chi connectivity index (χ2v) is 6.87. The minimum Gasteiger partial charge on any atom is -0.464 e. The maximum Gasteiger partial charge on any atom is 0.331 e. The molecule has 0 saturated carbocycles. The molecule has 0 aliphatic carbocycles. The molecule has 2 unspecified atom stereocenters. The van der Waals surface area contributed by atoms with Gasteiger partial charge in [0.1, 0.15) is 0 Å². The first-order valence-electron chi connectivity index (χ1n) is 7.51. The zero-order valence-corrected chi connectivity index (χ0v) is 14.5. The maximum absolute atomic E-state index is 12.6. The van der Waals surface area contributed by atoms with Crippen LogP contribution in [0.1, 0.15) is 33.3 Å². The Hall–Kier alpha value is -1.00. The van der Waals surface area contributed by atoms with E-state index in [-0.39, 0.29) is 5.97 Å². The number of hydrogen-bond acceptors (Lipinski definition) is 4. The predicted molar refractivity (Wildman–Crippen MR) is 90.6 cm³/mol. The van der Waals surface area contributed by atoms with E-state index in [4.69, 9.17) is 4.74 Å². The average molecular weight is 309 g/mol. The Morgan fingerprint density at radius 1 is 1.29 bits per heavy atom. The summed E-state index contributed by atoms with van der Waals surface area (Å²) < 4.78 is 5.33. The molecule has 118 valence electrons. The van der Waals surface area contributed by atoms with Crippen molar-refractivity contribution in [1.82, 2.24) is 5.32 Å². The molecule has 1 aromatic rings. The molecule has 0 saturated heterocycles. The Bertz CT molecular complexity index is 436. The normalized spacial score (nSPS) is 15.5. The van der Waals surface area contributed by atoms with Gasteiger partial charge in [-0.1, -0.05) is 51.1 Å². The summed E-state index contributed by atoms with van der Waals surface area (Å²) in [6.45, 7) is 8.83. The van der Waals surface area contributed by atoms with E-state index in [1.54, 1.807) is 11.8 Å². The number of carbonyl (C=O) groups excluding carboxylic acids is 1. The number of likely N-dealkylation sites (N-methyl/N-ethyl adjacent to an activating group) is 1. The van der Waals surface area contributed by atoms with Crippen LogP contribution in [0.3, 0.4) is 0 Å². The van der Waals surface area contributed by atoms with Crippen LogP contribution in [0.15, 0.2) is 30.3 Å². The topological polar surface area (TPSA) is 38.3 Å². The molecule has 0 radical (unpaired) electrons. The molecule has 1 N–H and O–H groups in total. The van der Waals surface area contributed by atoms with E-state index >= 15 is 0 Å². The van der Waals surface area contributed by atoms with Gasteiger partial charge in [-0.3, -0.25) is 0 Å². The van der Waals surface area contributed by atoms with Crippen molar-refractivity contribution in [2.24, 2.45) is 5.92 Å². The zero-order chi connectivity index (χ0) is 15.9. The number of hydrogen-bond donors (Lipinski definition) is 1. The summed E-state index contributed by atoms with van der Waals surface area (Å²) in [5, 5.41) is 3.70. The minimum absolute atomic E-state index is 0.206. The van der Waals surface area contributed by atoms with Gasteiger partial charge in [-0.25, -0.2) is 4.79 Å². The second kappa shape index (κ2) is 8.44. The molecule has 0 fully saturated rings. The second-order valence-electron chi connectivity index (χ2n) is 5.50. The van der Waals surface area contributed by atoms with Crippen molar-refractivity contribution in [3.8, 4) is 0 Å². The van der Waals surface area contributed by atoms with Crippen molar-refractivity contribution >= 4 is 17.7 Å². The number of nitrogens with one attached hydrogen (secondary N) is 1. The zero-order valence-electron chi connectivity index (χ0n) is 13.7. The van der Waals surface area contributed by atoms with E-state index in [1.165, 1.54) is 0 Å². The number of ether oxygens (including phenoxy) is 1. The van der Waals surface area contributed by atoms with Gasteiger partial charge in [-0.05, 0) is 25.5 Å². The fourth-order valence-corrected chi connectivity index (χ4v) is 3.33. The third-order valence-electron chi connectivity index (χ3n) is 3.82. The molecule has 0 aliphatic heterocycles. The summed E-state index contributed by atoms with van der Waals surface area (Å²) in [6, 6.07) is 9.83. The molecular weight excluding hydrogens is 282 g/mol. The van der Waals surface area contributed by atoms with Crippen molar-refractivity contribution in [3.05, 3.63) is 35.9 Å². The third kappa shape index (κ3) is 4.48. The highest BCUT2D eigenvalue weighted by molar-refractivity contribution is 8.00. The highest BCUT2D eigenvalue weighted by atomic mass is 32.2. The van der Waals surface area contributed by atoms with Gasteiger partial charge in [0.25, 0.3) is 0 Å². The van der Waals surface area contributed by atoms with Crippen molar-refractivity contribution in [3.63, 3.8) is 0 Å². The van der Waals surface area contributed by atoms with Gasteiger partial charge < -0.3 is 10.1 Å². The molecule has 4 heteroatoms. The molecule has 21 heavy (non-hydrogen) atoms. The van der Waals surface area contributed by atoms with E-state index in [0.717, 1.165) is 5.56 Å². The van der Waals surface area contributed by atoms with Crippen molar-refractivity contribution in [2.75, 3.05) is 19.4 Å². The van der Waals surface area contributed by atoms with Crippen LogP contribution < -0.4 is 5.32 Å². The van der Waals surface area contributed by atoms with E-state index in [9.17, 15) is 4.79 Å². The number of carbonyl (C=O) groups is 1. The van der Waals surface area contributed by atoms with E-state index < -0.39 is 5.54 Å². The van der Waals surface area contributed by atoms with Gasteiger partial charge >= 0.3 is 5.97 Å². The molecule has 3 nitrogen and oxygen atoms in total. The lowest BCUT2D eigenvalue weighted by molar-refractivity contribution is -0.150. The Balaban J connectivity index is 3.06. The van der Waals surface area contributed by atoms with Gasteiger partial charge in [0.05, 0.1) is 6.61 Å². The maximum atomic E-state index is 12.6. The summed E-state index contributed by atoms with van der Waals surface area (Å²) in [4.78, 5) is 12.6. The lowest BCUT2D eigenvalue weighted by Gasteiger charge is -2.32.